The Bertz CT molecular complexity index is 1120. The van der Waals surface area contributed by atoms with Gasteiger partial charge in [0, 0.05) is 28.8 Å². The fourth-order valence-electron chi connectivity index (χ4n) is 3.56. The first-order chi connectivity index (χ1) is 14.5. The van der Waals surface area contributed by atoms with E-state index < -0.39 is 0 Å². The molecule has 1 aliphatic rings. The van der Waals surface area contributed by atoms with Gasteiger partial charge >= 0.3 is 0 Å². The number of rotatable bonds is 5. The Balaban J connectivity index is 1.62. The summed E-state index contributed by atoms with van der Waals surface area (Å²) in [6.45, 7) is 2.26. The molecule has 6 heteroatoms. The van der Waals surface area contributed by atoms with Crippen molar-refractivity contribution >= 4 is 39.3 Å². The van der Waals surface area contributed by atoms with Crippen LogP contribution in [-0.2, 0) is 0 Å². The van der Waals surface area contributed by atoms with Gasteiger partial charge in [-0.15, -0.1) is 0 Å². The minimum absolute atomic E-state index is 0.111. The Morgan fingerprint density at radius 1 is 0.900 bits per heavy atom. The Kier molecular flexibility index (Phi) is 5.50. The van der Waals surface area contributed by atoms with Gasteiger partial charge in [0.2, 0.25) is 0 Å². The summed E-state index contributed by atoms with van der Waals surface area (Å²) in [5.74, 6) is -0.845. The highest BCUT2D eigenvalue weighted by atomic mass is 79.9. The Morgan fingerprint density at radius 3 is 2.20 bits per heavy atom. The highest BCUT2D eigenvalue weighted by Crippen LogP contribution is 2.24. The standard InChI is InChI=1S/C24H19BrN2O3/c1-16-6-4-9-19(14-16)26(22(28)17-7-5-8-18(25)15-17)12-13-27-23(29)20-10-2-3-11-21(20)24(27)30/h2-11,14-15H,12-13H2,1H3. The quantitative estimate of drug-likeness (QED) is 0.516. The molecule has 0 atom stereocenters. The van der Waals surface area contributed by atoms with Gasteiger partial charge in [-0.2, -0.15) is 0 Å². The summed E-state index contributed by atoms with van der Waals surface area (Å²) in [6.07, 6.45) is 0. The number of fused-ring (bicyclic) bond motifs is 1. The van der Waals surface area contributed by atoms with Crippen LogP contribution >= 0.6 is 15.9 Å². The highest BCUT2D eigenvalue weighted by Gasteiger charge is 2.35. The monoisotopic (exact) mass is 462 g/mol. The van der Waals surface area contributed by atoms with Gasteiger partial charge in [0.1, 0.15) is 0 Å². The largest absolute Gasteiger partial charge is 0.307 e. The van der Waals surface area contributed by atoms with E-state index in [0.717, 1.165) is 15.7 Å². The van der Waals surface area contributed by atoms with Crippen LogP contribution < -0.4 is 4.90 Å². The van der Waals surface area contributed by atoms with Crippen molar-refractivity contribution in [2.24, 2.45) is 0 Å². The number of anilines is 1. The van der Waals surface area contributed by atoms with E-state index in [1.54, 1.807) is 47.4 Å². The molecule has 30 heavy (non-hydrogen) atoms. The number of carbonyl (C=O) groups is 3. The molecule has 5 nitrogen and oxygen atoms in total. The molecule has 0 unspecified atom stereocenters. The van der Waals surface area contributed by atoms with Crippen LogP contribution in [0.2, 0.25) is 0 Å². The lowest BCUT2D eigenvalue weighted by atomic mass is 10.1. The maximum absolute atomic E-state index is 13.3. The maximum atomic E-state index is 13.3. The van der Waals surface area contributed by atoms with Gasteiger partial charge in [0.05, 0.1) is 11.1 Å². The van der Waals surface area contributed by atoms with E-state index in [1.165, 1.54) is 4.90 Å². The molecule has 0 aliphatic carbocycles. The van der Waals surface area contributed by atoms with E-state index >= 15 is 0 Å². The normalized spacial score (nSPS) is 12.8. The molecule has 150 valence electrons. The van der Waals surface area contributed by atoms with Gasteiger partial charge in [0.25, 0.3) is 17.7 Å². The van der Waals surface area contributed by atoms with E-state index in [4.69, 9.17) is 0 Å². The number of hydrogen-bond donors (Lipinski definition) is 0. The zero-order valence-electron chi connectivity index (χ0n) is 16.3. The summed E-state index contributed by atoms with van der Waals surface area (Å²) in [6, 6.07) is 21.5. The molecule has 1 aliphatic heterocycles. The van der Waals surface area contributed by atoms with E-state index in [2.05, 4.69) is 15.9 Å². The van der Waals surface area contributed by atoms with Gasteiger partial charge in [0.15, 0.2) is 0 Å². The van der Waals surface area contributed by atoms with Gasteiger partial charge in [-0.1, -0.05) is 46.3 Å². The number of aryl methyl sites for hydroxylation is 1. The minimum Gasteiger partial charge on any atom is -0.307 e. The fraction of sp³-hybridized carbons (Fsp3) is 0.125. The third kappa shape index (κ3) is 3.78. The van der Waals surface area contributed by atoms with E-state index in [1.807, 2.05) is 37.3 Å². The van der Waals surface area contributed by atoms with E-state index in [9.17, 15) is 14.4 Å². The van der Waals surface area contributed by atoms with E-state index in [0.29, 0.717) is 16.7 Å². The zero-order chi connectivity index (χ0) is 21.3. The first kappa shape index (κ1) is 20.0. The van der Waals surface area contributed by atoms with Crippen LogP contribution in [-0.4, -0.2) is 35.7 Å². The first-order valence-corrected chi connectivity index (χ1v) is 10.3. The Hall–Kier alpha value is -3.25. The Labute approximate surface area is 183 Å². The predicted molar refractivity (Wildman–Crippen MR) is 119 cm³/mol. The summed E-state index contributed by atoms with van der Waals surface area (Å²) in [7, 11) is 0. The molecule has 4 rings (SSSR count). The van der Waals surface area contributed by atoms with Crippen LogP contribution in [0.1, 0.15) is 36.6 Å². The second-order valence-corrected chi connectivity index (χ2v) is 8.03. The van der Waals surface area contributed by atoms with Crippen LogP contribution in [0.3, 0.4) is 0 Å². The molecule has 0 radical (unpaired) electrons. The molecule has 0 saturated heterocycles. The average molecular weight is 463 g/mol. The van der Waals surface area contributed by atoms with Gasteiger partial charge < -0.3 is 4.90 Å². The lowest BCUT2D eigenvalue weighted by Crippen LogP contribution is -2.41. The summed E-state index contributed by atoms with van der Waals surface area (Å²) >= 11 is 3.40. The molecule has 1 heterocycles. The zero-order valence-corrected chi connectivity index (χ0v) is 17.9. The summed E-state index contributed by atoms with van der Waals surface area (Å²) < 4.78 is 0.804. The van der Waals surface area contributed by atoms with Crippen LogP contribution in [0, 0.1) is 6.92 Å². The van der Waals surface area contributed by atoms with Crippen LogP contribution in [0.5, 0.6) is 0 Å². The van der Waals surface area contributed by atoms with Crippen LogP contribution in [0.4, 0.5) is 5.69 Å². The number of nitrogens with zero attached hydrogens (tertiary/aromatic N) is 2. The van der Waals surface area contributed by atoms with Gasteiger partial charge in [-0.05, 0) is 55.0 Å². The Morgan fingerprint density at radius 2 is 1.57 bits per heavy atom. The number of halogens is 1. The van der Waals surface area contributed by atoms with Crippen LogP contribution in [0.15, 0.2) is 77.3 Å². The van der Waals surface area contributed by atoms with Crippen molar-refractivity contribution in [3.63, 3.8) is 0 Å². The molecule has 0 spiro atoms. The van der Waals surface area contributed by atoms with Crippen molar-refractivity contribution in [3.8, 4) is 0 Å². The molecule has 0 bridgehead atoms. The molecule has 3 amide bonds. The molecule has 0 N–H and O–H groups in total. The molecule has 3 aromatic carbocycles. The topological polar surface area (TPSA) is 57.7 Å². The van der Waals surface area contributed by atoms with Crippen molar-refractivity contribution < 1.29 is 14.4 Å². The fourth-order valence-corrected chi connectivity index (χ4v) is 3.96. The third-order valence-electron chi connectivity index (χ3n) is 5.06. The first-order valence-electron chi connectivity index (χ1n) is 9.55. The number of carbonyl (C=O) groups excluding carboxylic acids is 3. The number of imide groups is 1. The second kappa shape index (κ2) is 8.24. The molecule has 3 aromatic rings. The highest BCUT2D eigenvalue weighted by molar-refractivity contribution is 9.10. The summed E-state index contributed by atoms with van der Waals surface area (Å²) in [4.78, 5) is 41.5. The molecular weight excluding hydrogens is 444 g/mol. The lowest BCUT2D eigenvalue weighted by molar-refractivity contribution is 0.0654. The predicted octanol–water partition coefficient (Wildman–Crippen LogP) is 4.70. The molecule has 0 aromatic heterocycles. The average Bonchev–Trinajstić information content (AvgIpc) is 2.99. The summed E-state index contributed by atoms with van der Waals surface area (Å²) in [5.41, 5.74) is 3.07. The molecule has 0 fully saturated rings. The van der Waals surface area contributed by atoms with Crippen molar-refractivity contribution in [1.82, 2.24) is 4.90 Å². The van der Waals surface area contributed by atoms with Crippen molar-refractivity contribution in [3.05, 3.63) is 99.5 Å². The summed E-state index contributed by atoms with van der Waals surface area (Å²) in [5, 5.41) is 0. The number of benzene rings is 3. The van der Waals surface area contributed by atoms with Gasteiger partial charge in [-0.25, -0.2) is 0 Å². The van der Waals surface area contributed by atoms with Crippen LogP contribution in [0.25, 0.3) is 0 Å². The molecular formula is C24H19BrN2O3. The SMILES string of the molecule is Cc1cccc(N(CCN2C(=O)c3ccccc3C2=O)C(=O)c2cccc(Br)c2)c1. The maximum Gasteiger partial charge on any atom is 0.261 e. The van der Waals surface area contributed by atoms with Crippen molar-refractivity contribution in [1.29, 1.82) is 0 Å². The smallest absolute Gasteiger partial charge is 0.261 e. The second-order valence-electron chi connectivity index (χ2n) is 7.11. The lowest BCUT2D eigenvalue weighted by Gasteiger charge is -2.25. The van der Waals surface area contributed by atoms with E-state index in [-0.39, 0.29) is 30.8 Å². The molecule has 0 saturated carbocycles. The number of amides is 3. The van der Waals surface area contributed by atoms with Gasteiger partial charge in [-0.3, -0.25) is 19.3 Å². The van der Waals surface area contributed by atoms with Crippen molar-refractivity contribution in [2.45, 2.75) is 6.92 Å². The number of hydrogen-bond acceptors (Lipinski definition) is 3. The minimum atomic E-state index is -0.324. The third-order valence-corrected chi connectivity index (χ3v) is 5.55. The van der Waals surface area contributed by atoms with Crippen molar-refractivity contribution in [2.75, 3.05) is 18.0 Å².